The van der Waals surface area contributed by atoms with Crippen molar-refractivity contribution in [2.75, 3.05) is 0 Å². The van der Waals surface area contributed by atoms with Crippen molar-refractivity contribution in [3.05, 3.63) is 69.3 Å². The first-order chi connectivity index (χ1) is 12.0. The van der Waals surface area contributed by atoms with Gasteiger partial charge in [-0.15, -0.1) is 0 Å². The van der Waals surface area contributed by atoms with E-state index in [2.05, 4.69) is 34.2 Å². The van der Waals surface area contributed by atoms with E-state index in [1.54, 1.807) is 6.21 Å². The fourth-order valence-corrected chi connectivity index (χ4v) is 3.18. The zero-order valence-corrected chi connectivity index (χ0v) is 15.8. The number of benzene rings is 2. The van der Waals surface area contributed by atoms with Crippen LogP contribution in [0.15, 0.2) is 47.6 Å². The maximum atomic E-state index is 6.15. The van der Waals surface area contributed by atoms with Crippen molar-refractivity contribution < 1.29 is 0 Å². The van der Waals surface area contributed by atoms with Gasteiger partial charge in [0.15, 0.2) is 5.11 Å². The summed E-state index contributed by atoms with van der Waals surface area (Å²) in [6.45, 7) is 2.74. The highest BCUT2D eigenvalue weighted by atomic mass is 35.5. The second-order valence-corrected chi connectivity index (χ2v) is 6.84. The summed E-state index contributed by atoms with van der Waals surface area (Å²) in [5.74, 6) is 0. The van der Waals surface area contributed by atoms with Gasteiger partial charge in [-0.25, -0.2) is 0 Å². The fraction of sp³-hybridized carbons (Fsp3) is 0.111. The Morgan fingerprint density at radius 3 is 2.72 bits per heavy atom. The highest BCUT2D eigenvalue weighted by molar-refractivity contribution is 7.80. The fourth-order valence-electron chi connectivity index (χ4n) is 2.81. The van der Waals surface area contributed by atoms with E-state index in [1.807, 2.05) is 30.3 Å². The molecule has 4 nitrogen and oxygen atoms in total. The summed E-state index contributed by atoms with van der Waals surface area (Å²) in [7, 11) is 0. The number of thiocarbonyl (C=S) groups is 1. The molecule has 0 aliphatic heterocycles. The molecule has 0 atom stereocenters. The number of hydrazone groups is 1. The van der Waals surface area contributed by atoms with Crippen molar-refractivity contribution in [3.63, 3.8) is 0 Å². The third kappa shape index (κ3) is 3.79. The smallest absolute Gasteiger partial charge is 0.184 e. The molecule has 0 fully saturated rings. The van der Waals surface area contributed by atoms with E-state index in [1.165, 1.54) is 0 Å². The van der Waals surface area contributed by atoms with Crippen molar-refractivity contribution in [3.8, 4) is 0 Å². The first-order valence-electron chi connectivity index (χ1n) is 7.57. The van der Waals surface area contributed by atoms with Crippen LogP contribution in [-0.4, -0.2) is 15.9 Å². The standard InChI is InChI=1S/C18H16Cl2N4S/c1-11-14(9-22-23-18(21)25)13-4-2-3-5-17(13)24(11)10-12-6-7-15(19)16(20)8-12/h2-9H,10H2,1H3,(H3,21,23,25)/b22-9-. The van der Waals surface area contributed by atoms with E-state index < -0.39 is 0 Å². The van der Waals surface area contributed by atoms with Crippen molar-refractivity contribution in [1.82, 2.24) is 9.99 Å². The molecule has 1 heterocycles. The lowest BCUT2D eigenvalue weighted by molar-refractivity contribution is 0.804. The summed E-state index contributed by atoms with van der Waals surface area (Å²) >= 11 is 16.9. The van der Waals surface area contributed by atoms with Crippen LogP contribution in [0.2, 0.25) is 10.0 Å². The third-order valence-corrected chi connectivity index (χ3v) is 4.80. The van der Waals surface area contributed by atoms with Crippen LogP contribution in [0.4, 0.5) is 0 Å². The number of rotatable bonds is 4. The topological polar surface area (TPSA) is 55.3 Å². The molecule has 0 aliphatic carbocycles. The van der Waals surface area contributed by atoms with Gasteiger partial charge >= 0.3 is 0 Å². The molecule has 3 rings (SSSR count). The predicted octanol–water partition coefficient (Wildman–Crippen LogP) is 4.47. The van der Waals surface area contributed by atoms with Crippen LogP contribution in [0.5, 0.6) is 0 Å². The van der Waals surface area contributed by atoms with Gasteiger partial charge in [0.2, 0.25) is 0 Å². The Morgan fingerprint density at radius 1 is 1.24 bits per heavy atom. The van der Waals surface area contributed by atoms with Crippen molar-refractivity contribution in [2.45, 2.75) is 13.5 Å². The van der Waals surface area contributed by atoms with E-state index in [-0.39, 0.29) is 5.11 Å². The van der Waals surface area contributed by atoms with Gasteiger partial charge in [-0.1, -0.05) is 47.5 Å². The van der Waals surface area contributed by atoms with E-state index in [0.29, 0.717) is 16.6 Å². The SMILES string of the molecule is Cc1c(/C=N\NC(N)=S)c2ccccc2n1Cc1ccc(Cl)c(Cl)c1. The van der Waals surface area contributed by atoms with Gasteiger partial charge in [0.05, 0.1) is 16.3 Å². The van der Waals surface area contributed by atoms with Gasteiger partial charge in [-0.2, -0.15) is 5.10 Å². The summed E-state index contributed by atoms with van der Waals surface area (Å²) in [4.78, 5) is 0. The number of nitrogens with zero attached hydrogens (tertiary/aromatic N) is 2. The van der Waals surface area contributed by atoms with Gasteiger partial charge in [-0.3, -0.25) is 5.43 Å². The average molecular weight is 391 g/mol. The van der Waals surface area contributed by atoms with Gasteiger partial charge in [0.1, 0.15) is 0 Å². The zero-order valence-electron chi connectivity index (χ0n) is 13.5. The number of halogens is 2. The highest BCUT2D eigenvalue weighted by Crippen LogP contribution is 2.27. The van der Waals surface area contributed by atoms with E-state index in [0.717, 1.165) is 27.7 Å². The predicted molar refractivity (Wildman–Crippen MR) is 110 cm³/mol. The molecule has 0 radical (unpaired) electrons. The first kappa shape index (κ1) is 17.7. The lowest BCUT2D eigenvalue weighted by atomic mass is 10.1. The maximum Gasteiger partial charge on any atom is 0.184 e. The number of hydrogen-bond acceptors (Lipinski definition) is 2. The summed E-state index contributed by atoms with van der Waals surface area (Å²) < 4.78 is 2.22. The Bertz CT molecular complexity index is 979. The maximum absolute atomic E-state index is 6.15. The molecule has 2 aromatic carbocycles. The molecule has 25 heavy (non-hydrogen) atoms. The molecule has 0 aliphatic rings. The molecule has 128 valence electrons. The zero-order chi connectivity index (χ0) is 18.0. The van der Waals surface area contributed by atoms with Crippen LogP contribution in [0.3, 0.4) is 0 Å². The Balaban J connectivity index is 2.05. The Hall–Kier alpha value is -2.08. The summed E-state index contributed by atoms with van der Waals surface area (Å²) in [5, 5.41) is 6.45. The lowest BCUT2D eigenvalue weighted by Gasteiger charge is -2.09. The van der Waals surface area contributed by atoms with Gasteiger partial charge in [-0.05, 0) is 42.9 Å². The molecule has 0 saturated carbocycles. The number of aromatic nitrogens is 1. The average Bonchev–Trinajstić information content (AvgIpc) is 2.84. The van der Waals surface area contributed by atoms with Crippen LogP contribution >= 0.6 is 35.4 Å². The molecule has 7 heteroatoms. The molecule has 3 aromatic rings. The first-order valence-corrected chi connectivity index (χ1v) is 8.74. The van der Waals surface area contributed by atoms with Crippen LogP contribution in [0.1, 0.15) is 16.8 Å². The van der Waals surface area contributed by atoms with Crippen LogP contribution in [0.25, 0.3) is 10.9 Å². The summed E-state index contributed by atoms with van der Waals surface area (Å²) in [6.07, 6.45) is 1.74. The number of fused-ring (bicyclic) bond motifs is 1. The molecule has 0 spiro atoms. The lowest BCUT2D eigenvalue weighted by Crippen LogP contribution is -2.24. The number of nitrogens with one attached hydrogen (secondary N) is 1. The summed E-state index contributed by atoms with van der Waals surface area (Å²) in [6, 6.07) is 13.8. The normalized spacial score (nSPS) is 11.3. The van der Waals surface area contributed by atoms with Crippen LogP contribution in [0, 0.1) is 6.92 Å². The van der Waals surface area contributed by atoms with Gasteiger partial charge in [0.25, 0.3) is 0 Å². The van der Waals surface area contributed by atoms with E-state index >= 15 is 0 Å². The molecule has 3 N–H and O–H groups in total. The largest absolute Gasteiger partial charge is 0.375 e. The Kier molecular flexibility index (Phi) is 5.27. The van der Waals surface area contributed by atoms with Crippen LogP contribution in [-0.2, 0) is 6.54 Å². The molecule has 0 unspecified atom stereocenters. The molecular weight excluding hydrogens is 375 g/mol. The Morgan fingerprint density at radius 2 is 2.00 bits per heavy atom. The molecule has 0 bridgehead atoms. The second kappa shape index (κ2) is 7.44. The second-order valence-electron chi connectivity index (χ2n) is 5.59. The van der Waals surface area contributed by atoms with Gasteiger partial charge in [0, 0.05) is 28.7 Å². The highest BCUT2D eigenvalue weighted by Gasteiger charge is 2.13. The van der Waals surface area contributed by atoms with Crippen molar-refractivity contribution in [2.24, 2.45) is 10.8 Å². The third-order valence-electron chi connectivity index (χ3n) is 3.97. The van der Waals surface area contributed by atoms with E-state index in [9.17, 15) is 0 Å². The van der Waals surface area contributed by atoms with Crippen molar-refractivity contribution in [1.29, 1.82) is 0 Å². The van der Waals surface area contributed by atoms with Crippen LogP contribution < -0.4 is 11.2 Å². The van der Waals surface area contributed by atoms with E-state index in [4.69, 9.17) is 41.2 Å². The van der Waals surface area contributed by atoms with Crippen molar-refractivity contribution >= 4 is 57.6 Å². The number of hydrogen-bond donors (Lipinski definition) is 2. The monoisotopic (exact) mass is 390 g/mol. The quantitative estimate of drug-likeness (QED) is 0.392. The Labute approximate surface area is 161 Å². The molecule has 1 aromatic heterocycles. The molecular formula is C18H16Cl2N4S. The minimum atomic E-state index is 0.133. The molecule has 0 amide bonds. The number of para-hydroxylation sites is 1. The number of nitrogens with two attached hydrogens (primary N) is 1. The molecule has 0 saturated heterocycles. The summed E-state index contributed by atoms with van der Waals surface area (Å²) in [5.41, 5.74) is 12.3. The minimum absolute atomic E-state index is 0.133. The minimum Gasteiger partial charge on any atom is -0.375 e. The van der Waals surface area contributed by atoms with Gasteiger partial charge < -0.3 is 10.3 Å².